The third-order valence-electron chi connectivity index (χ3n) is 1.31. The summed E-state index contributed by atoms with van der Waals surface area (Å²) in [6, 6.07) is 2.02. The standard InChI is InChI=1S/C7H7NOS/c8-4-1-2-7-6(9)3-5-10-7/h3,5,7H,1-2H2. The van der Waals surface area contributed by atoms with Crippen LogP contribution in [0, 0.1) is 11.3 Å². The molecule has 0 N–H and O–H groups in total. The second-order valence-electron chi connectivity index (χ2n) is 2.03. The molecule has 0 radical (unpaired) electrons. The van der Waals surface area contributed by atoms with Gasteiger partial charge in [0.1, 0.15) is 0 Å². The van der Waals surface area contributed by atoms with Crippen molar-refractivity contribution in [3.8, 4) is 6.07 Å². The van der Waals surface area contributed by atoms with E-state index in [1.54, 1.807) is 11.5 Å². The molecule has 1 unspecified atom stereocenters. The molecule has 1 aliphatic rings. The van der Waals surface area contributed by atoms with Gasteiger partial charge in [0, 0.05) is 6.42 Å². The Hall–Kier alpha value is -0.750. The average Bonchev–Trinajstić information content (AvgIpc) is 2.31. The van der Waals surface area contributed by atoms with E-state index in [2.05, 4.69) is 0 Å². The molecule has 1 rings (SSSR count). The molecule has 0 saturated heterocycles. The zero-order chi connectivity index (χ0) is 7.40. The van der Waals surface area contributed by atoms with E-state index >= 15 is 0 Å². The van der Waals surface area contributed by atoms with Gasteiger partial charge in [0.05, 0.1) is 11.3 Å². The maximum atomic E-state index is 10.9. The fourth-order valence-electron chi connectivity index (χ4n) is 0.782. The first kappa shape index (κ1) is 7.36. The number of hydrogen-bond acceptors (Lipinski definition) is 3. The number of nitriles is 1. The van der Waals surface area contributed by atoms with Gasteiger partial charge < -0.3 is 0 Å². The lowest BCUT2D eigenvalue weighted by atomic mass is 10.2. The van der Waals surface area contributed by atoms with Crippen molar-refractivity contribution in [2.24, 2.45) is 0 Å². The summed E-state index contributed by atoms with van der Waals surface area (Å²) in [5.74, 6) is 0.153. The topological polar surface area (TPSA) is 40.9 Å². The zero-order valence-corrected chi connectivity index (χ0v) is 6.23. The summed E-state index contributed by atoms with van der Waals surface area (Å²) in [7, 11) is 0. The van der Waals surface area contributed by atoms with Crippen LogP contribution in [0.4, 0.5) is 0 Å². The fourth-order valence-corrected chi connectivity index (χ4v) is 1.65. The van der Waals surface area contributed by atoms with Gasteiger partial charge in [-0.3, -0.25) is 4.79 Å². The van der Waals surface area contributed by atoms with Crippen molar-refractivity contribution < 1.29 is 4.79 Å². The van der Waals surface area contributed by atoms with E-state index < -0.39 is 0 Å². The number of thioether (sulfide) groups is 1. The predicted molar refractivity (Wildman–Crippen MR) is 40.4 cm³/mol. The highest BCUT2D eigenvalue weighted by Crippen LogP contribution is 2.24. The number of carbonyl (C=O) groups excluding carboxylic acids is 1. The minimum atomic E-state index is 0.0275. The molecule has 0 amide bonds. The van der Waals surface area contributed by atoms with Crippen molar-refractivity contribution in [1.82, 2.24) is 0 Å². The highest BCUT2D eigenvalue weighted by molar-refractivity contribution is 8.03. The molecule has 0 aliphatic carbocycles. The normalized spacial score (nSPS) is 23.1. The highest BCUT2D eigenvalue weighted by Gasteiger charge is 2.19. The molecule has 1 atom stereocenters. The molecule has 0 bridgehead atoms. The number of rotatable bonds is 2. The predicted octanol–water partition coefficient (Wildman–Crippen LogP) is 1.49. The maximum Gasteiger partial charge on any atom is 0.169 e. The van der Waals surface area contributed by atoms with Crippen LogP contribution in [0.15, 0.2) is 11.5 Å². The summed E-state index contributed by atoms with van der Waals surface area (Å²) in [5, 5.41) is 10.0. The van der Waals surface area contributed by atoms with E-state index in [0.29, 0.717) is 12.8 Å². The molecule has 0 spiro atoms. The van der Waals surface area contributed by atoms with Crippen LogP contribution >= 0.6 is 11.8 Å². The van der Waals surface area contributed by atoms with Crippen LogP contribution < -0.4 is 0 Å². The van der Waals surface area contributed by atoms with Gasteiger partial charge in [-0.25, -0.2) is 0 Å². The summed E-state index contributed by atoms with van der Waals surface area (Å²) in [6.45, 7) is 0. The molecular formula is C7H7NOS. The van der Waals surface area contributed by atoms with Crippen molar-refractivity contribution in [3.05, 3.63) is 11.5 Å². The lowest BCUT2D eigenvalue weighted by Gasteiger charge is -2.00. The van der Waals surface area contributed by atoms with E-state index in [1.807, 2.05) is 6.07 Å². The molecule has 0 saturated carbocycles. The molecule has 1 heterocycles. The Morgan fingerprint density at radius 1 is 1.80 bits per heavy atom. The molecule has 0 fully saturated rings. The molecule has 2 nitrogen and oxygen atoms in total. The monoisotopic (exact) mass is 153 g/mol. The number of ketones is 1. The molecule has 0 aromatic carbocycles. The van der Waals surface area contributed by atoms with Gasteiger partial charge in [-0.05, 0) is 17.9 Å². The van der Waals surface area contributed by atoms with E-state index in [0.717, 1.165) is 0 Å². The largest absolute Gasteiger partial charge is 0.294 e. The van der Waals surface area contributed by atoms with Crippen molar-refractivity contribution in [2.75, 3.05) is 0 Å². The van der Waals surface area contributed by atoms with Gasteiger partial charge in [-0.1, -0.05) is 0 Å². The fraction of sp³-hybridized carbons (Fsp3) is 0.429. The summed E-state index contributed by atoms with van der Waals surface area (Å²) < 4.78 is 0. The van der Waals surface area contributed by atoms with Gasteiger partial charge in [0.15, 0.2) is 5.78 Å². The molecule has 52 valence electrons. The number of carbonyl (C=O) groups is 1. The van der Waals surface area contributed by atoms with E-state index in [1.165, 1.54) is 11.8 Å². The highest BCUT2D eigenvalue weighted by atomic mass is 32.2. The molecule has 0 aromatic rings. The molecule has 10 heavy (non-hydrogen) atoms. The van der Waals surface area contributed by atoms with Gasteiger partial charge in [-0.15, -0.1) is 11.8 Å². The minimum Gasteiger partial charge on any atom is -0.294 e. The second-order valence-corrected chi connectivity index (χ2v) is 3.14. The second kappa shape index (κ2) is 3.43. The van der Waals surface area contributed by atoms with E-state index in [9.17, 15) is 4.79 Å². The molecular weight excluding hydrogens is 146 g/mol. The Kier molecular flexibility index (Phi) is 2.52. The maximum absolute atomic E-state index is 10.9. The molecule has 1 aliphatic heterocycles. The third kappa shape index (κ3) is 1.61. The Balaban J connectivity index is 2.32. The van der Waals surface area contributed by atoms with Gasteiger partial charge >= 0.3 is 0 Å². The first-order chi connectivity index (χ1) is 4.84. The van der Waals surface area contributed by atoms with Crippen molar-refractivity contribution >= 4 is 17.5 Å². The first-order valence-electron chi connectivity index (χ1n) is 3.07. The van der Waals surface area contributed by atoms with Crippen LogP contribution in [0.3, 0.4) is 0 Å². The van der Waals surface area contributed by atoms with Crippen LogP contribution in [0.2, 0.25) is 0 Å². The van der Waals surface area contributed by atoms with Gasteiger partial charge in [-0.2, -0.15) is 5.26 Å². The number of allylic oxidation sites excluding steroid dienone is 1. The summed E-state index contributed by atoms with van der Waals surface area (Å²) in [4.78, 5) is 10.9. The Morgan fingerprint density at radius 3 is 3.10 bits per heavy atom. The summed E-state index contributed by atoms with van der Waals surface area (Å²) in [6.07, 6.45) is 2.74. The molecule has 0 aromatic heterocycles. The molecule has 3 heteroatoms. The van der Waals surface area contributed by atoms with E-state index in [4.69, 9.17) is 5.26 Å². The number of nitrogens with zero attached hydrogens (tertiary/aromatic N) is 1. The Labute approximate surface area is 63.9 Å². The van der Waals surface area contributed by atoms with Gasteiger partial charge in [0.2, 0.25) is 0 Å². The van der Waals surface area contributed by atoms with E-state index in [-0.39, 0.29) is 11.0 Å². The zero-order valence-electron chi connectivity index (χ0n) is 5.41. The van der Waals surface area contributed by atoms with Crippen molar-refractivity contribution in [2.45, 2.75) is 18.1 Å². The lowest BCUT2D eigenvalue weighted by Crippen LogP contribution is -2.09. The van der Waals surface area contributed by atoms with Crippen LogP contribution in [-0.4, -0.2) is 11.0 Å². The summed E-state index contributed by atoms with van der Waals surface area (Å²) >= 11 is 1.51. The van der Waals surface area contributed by atoms with Crippen LogP contribution in [0.1, 0.15) is 12.8 Å². The quantitative estimate of drug-likeness (QED) is 0.603. The van der Waals surface area contributed by atoms with Crippen LogP contribution in [-0.2, 0) is 4.79 Å². The van der Waals surface area contributed by atoms with Crippen LogP contribution in [0.25, 0.3) is 0 Å². The Bertz CT molecular complexity index is 204. The average molecular weight is 153 g/mol. The summed E-state index contributed by atoms with van der Waals surface area (Å²) in [5.41, 5.74) is 0. The SMILES string of the molecule is N#CCCC1SC=CC1=O. The smallest absolute Gasteiger partial charge is 0.169 e. The Morgan fingerprint density at radius 2 is 2.60 bits per heavy atom. The first-order valence-corrected chi connectivity index (χ1v) is 4.01. The minimum absolute atomic E-state index is 0.0275. The lowest BCUT2D eigenvalue weighted by molar-refractivity contribution is -0.114. The van der Waals surface area contributed by atoms with Crippen LogP contribution in [0.5, 0.6) is 0 Å². The third-order valence-corrected chi connectivity index (χ3v) is 2.40. The van der Waals surface area contributed by atoms with Crippen molar-refractivity contribution in [3.63, 3.8) is 0 Å². The van der Waals surface area contributed by atoms with Crippen molar-refractivity contribution in [1.29, 1.82) is 5.26 Å². The number of hydrogen-bond donors (Lipinski definition) is 0. The van der Waals surface area contributed by atoms with Gasteiger partial charge in [0.25, 0.3) is 0 Å².